The van der Waals surface area contributed by atoms with Crippen molar-refractivity contribution in [2.75, 3.05) is 12.4 Å². The van der Waals surface area contributed by atoms with Gasteiger partial charge in [-0.1, -0.05) is 13.0 Å². The Morgan fingerprint density at radius 2 is 2.25 bits per heavy atom. The summed E-state index contributed by atoms with van der Waals surface area (Å²) in [6.45, 7) is 3.59. The van der Waals surface area contributed by atoms with E-state index >= 15 is 0 Å². The van der Waals surface area contributed by atoms with Gasteiger partial charge in [-0.25, -0.2) is 4.79 Å². The van der Waals surface area contributed by atoms with Gasteiger partial charge in [-0.3, -0.25) is 0 Å². The first kappa shape index (κ1) is 11.5. The number of carboxylic acids is 1. The van der Waals surface area contributed by atoms with E-state index in [1.165, 1.54) is 11.8 Å². The largest absolute Gasteiger partial charge is 0.478 e. The van der Waals surface area contributed by atoms with Crippen LogP contribution in [0.1, 0.15) is 13.8 Å². The molecule has 1 atom stereocenters. The van der Waals surface area contributed by atoms with E-state index < -0.39 is 5.97 Å². The maximum absolute atomic E-state index is 10.3. The summed E-state index contributed by atoms with van der Waals surface area (Å²) in [7, 11) is 0. The number of aliphatic hydroxyl groups is 1. The highest BCUT2D eigenvalue weighted by Crippen LogP contribution is 2.10. The van der Waals surface area contributed by atoms with Gasteiger partial charge in [0.25, 0.3) is 0 Å². The first-order valence-corrected chi connectivity index (χ1v) is 4.75. The highest BCUT2D eigenvalue weighted by atomic mass is 32.2. The van der Waals surface area contributed by atoms with Crippen molar-refractivity contribution in [3.63, 3.8) is 0 Å². The molecule has 3 nitrogen and oxygen atoms in total. The van der Waals surface area contributed by atoms with Crippen LogP contribution in [0.25, 0.3) is 0 Å². The molecule has 0 heterocycles. The van der Waals surface area contributed by atoms with Crippen molar-refractivity contribution in [3.8, 4) is 0 Å². The molecule has 4 heteroatoms. The van der Waals surface area contributed by atoms with E-state index in [0.717, 1.165) is 0 Å². The topological polar surface area (TPSA) is 57.5 Å². The third-order valence-electron chi connectivity index (χ3n) is 1.36. The summed E-state index contributed by atoms with van der Waals surface area (Å²) in [5.41, 5.74) is 0.354. The molecule has 2 N–H and O–H groups in total. The Bertz CT molecular complexity index is 177. The van der Waals surface area contributed by atoms with Gasteiger partial charge in [0.15, 0.2) is 0 Å². The Hall–Kier alpha value is -0.480. The summed E-state index contributed by atoms with van der Waals surface area (Å²) in [6.07, 6.45) is 1.65. The number of thioether (sulfide) groups is 1. The van der Waals surface area contributed by atoms with Crippen LogP contribution in [0.15, 0.2) is 11.6 Å². The van der Waals surface area contributed by atoms with Crippen molar-refractivity contribution in [2.24, 2.45) is 0 Å². The van der Waals surface area contributed by atoms with Crippen molar-refractivity contribution in [2.45, 2.75) is 19.1 Å². The van der Waals surface area contributed by atoms with Crippen LogP contribution in [0.5, 0.6) is 0 Å². The summed E-state index contributed by atoms with van der Waals surface area (Å²) in [4.78, 5) is 10.3. The Balaban J connectivity index is 3.67. The van der Waals surface area contributed by atoms with Gasteiger partial charge in [0.05, 0.1) is 6.61 Å². The van der Waals surface area contributed by atoms with Gasteiger partial charge in [-0.05, 0) is 6.92 Å². The average molecular weight is 190 g/mol. The number of carbonyl (C=O) groups is 1. The minimum absolute atomic E-state index is 0.130. The van der Waals surface area contributed by atoms with Gasteiger partial charge in [0, 0.05) is 16.6 Å². The number of aliphatic carboxylic acids is 1. The van der Waals surface area contributed by atoms with E-state index in [1.807, 2.05) is 6.92 Å². The maximum Gasteiger partial charge on any atom is 0.330 e. The standard InChI is InChI=1S/C8H14O3S/c1-6(8(10)11)3-4-12-7(2)5-9/h3,7,9H,4-5H2,1-2H3,(H,10,11)/b6-3-. The first-order valence-electron chi connectivity index (χ1n) is 3.70. The van der Waals surface area contributed by atoms with Gasteiger partial charge in [0.1, 0.15) is 0 Å². The molecule has 0 saturated carbocycles. The Morgan fingerprint density at radius 1 is 1.67 bits per heavy atom. The minimum Gasteiger partial charge on any atom is -0.478 e. The van der Waals surface area contributed by atoms with E-state index in [9.17, 15) is 4.79 Å². The van der Waals surface area contributed by atoms with Gasteiger partial charge < -0.3 is 10.2 Å². The molecule has 0 aromatic heterocycles. The molecule has 0 aliphatic heterocycles. The van der Waals surface area contributed by atoms with E-state index in [4.69, 9.17) is 10.2 Å². The number of carboxylic acid groups (broad SMARTS) is 1. The van der Waals surface area contributed by atoms with Crippen LogP contribution in [0, 0.1) is 0 Å². The Kier molecular flexibility index (Phi) is 5.84. The molecule has 0 spiro atoms. The number of rotatable bonds is 5. The second kappa shape index (κ2) is 6.08. The lowest BCUT2D eigenvalue weighted by Crippen LogP contribution is -2.03. The smallest absolute Gasteiger partial charge is 0.330 e. The molecule has 1 unspecified atom stereocenters. The van der Waals surface area contributed by atoms with Gasteiger partial charge in [0.2, 0.25) is 0 Å². The highest BCUT2D eigenvalue weighted by molar-refractivity contribution is 8.00. The molecule has 0 saturated heterocycles. The van der Waals surface area contributed by atoms with Crippen molar-refractivity contribution in [3.05, 3.63) is 11.6 Å². The number of aliphatic hydroxyl groups excluding tert-OH is 1. The van der Waals surface area contributed by atoms with Crippen LogP contribution in [-0.4, -0.2) is 33.8 Å². The monoisotopic (exact) mass is 190 g/mol. The lowest BCUT2D eigenvalue weighted by atomic mass is 10.3. The number of hydrogen-bond acceptors (Lipinski definition) is 3. The minimum atomic E-state index is -0.882. The quantitative estimate of drug-likeness (QED) is 0.638. The van der Waals surface area contributed by atoms with Crippen LogP contribution in [0.2, 0.25) is 0 Å². The van der Waals surface area contributed by atoms with E-state index in [2.05, 4.69) is 0 Å². The van der Waals surface area contributed by atoms with Crippen LogP contribution in [0.3, 0.4) is 0 Å². The van der Waals surface area contributed by atoms with Gasteiger partial charge >= 0.3 is 5.97 Å². The molecule has 0 bridgehead atoms. The molecular weight excluding hydrogens is 176 g/mol. The summed E-state index contributed by atoms with van der Waals surface area (Å²) >= 11 is 1.53. The molecule has 0 radical (unpaired) electrons. The van der Waals surface area contributed by atoms with E-state index in [1.54, 1.807) is 13.0 Å². The zero-order valence-corrected chi connectivity index (χ0v) is 8.10. The maximum atomic E-state index is 10.3. The number of hydrogen-bond donors (Lipinski definition) is 2. The Morgan fingerprint density at radius 3 is 2.67 bits per heavy atom. The zero-order valence-electron chi connectivity index (χ0n) is 7.28. The fraction of sp³-hybridized carbons (Fsp3) is 0.625. The second-order valence-electron chi connectivity index (χ2n) is 2.52. The molecule has 0 rings (SSSR count). The van der Waals surface area contributed by atoms with Crippen LogP contribution < -0.4 is 0 Å². The molecule has 70 valence electrons. The second-order valence-corrected chi connectivity index (χ2v) is 3.99. The molecule has 0 aliphatic rings. The molecular formula is C8H14O3S. The zero-order chi connectivity index (χ0) is 9.56. The van der Waals surface area contributed by atoms with Crippen LogP contribution in [0.4, 0.5) is 0 Å². The first-order chi connectivity index (χ1) is 5.57. The van der Waals surface area contributed by atoms with Crippen molar-refractivity contribution >= 4 is 17.7 Å². The molecule has 0 amide bonds. The van der Waals surface area contributed by atoms with Gasteiger partial charge in [-0.2, -0.15) is 11.8 Å². The SMILES string of the molecule is C/C(=C/CSC(C)CO)C(=O)O. The highest BCUT2D eigenvalue weighted by Gasteiger charge is 2.00. The van der Waals surface area contributed by atoms with Crippen LogP contribution >= 0.6 is 11.8 Å². The predicted molar refractivity (Wildman–Crippen MR) is 50.4 cm³/mol. The average Bonchev–Trinajstić information content (AvgIpc) is 2.03. The lowest BCUT2D eigenvalue weighted by molar-refractivity contribution is -0.132. The predicted octanol–water partition coefficient (Wildman–Crippen LogP) is 1.13. The summed E-state index contributed by atoms with van der Waals surface area (Å²) in [5, 5.41) is 17.3. The Labute approximate surface area is 76.5 Å². The van der Waals surface area contributed by atoms with Gasteiger partial charge in [-0.15, -0.1) is 0 Å². The molecule has 0 fully saturated rings. The normalized spacial score (nSPS) is 14.4. The summed E-state index contributed by atoms with van der Waals surface area (Å²) in [6, 6.07) is 0. The van der Waals surface area contributed by atoms with Crippen molar-refractivity contribution in [1.29, 1.82) is 0 Å². The summed E-state index contributed by atoms with van der Waals surface area (Å²) in [5.74, 6) is -0.243. The van der Waals surface area contributed by atoms with Crippen molar-refractivity contribution < 1.29 is 15.0 Å². The molecule has 0 aromatic rings. The third kappa shape index (κ3) is 5.21. The fourth-order valence-electron chi connectivity index (χ4n) is 0.477. The molecule has 12 heavy (non-hydrogen) atoms. The van der Waals surface area contributed by atoms with Crippen LogP contribution in [-0.2, 0) is 4.79 Å². The lowest BCUT2D eigenvalue weighted by Gasteiger charge is -2.03. The third-order valence-corrected chi connectivity index (χ3v) is 2.44. The van der Waals surface area contributed by atoms with E-state index in [-0.39, 0.29) is 11.9 Å². The molecule has 0 aliphatic carbocycles. The summed E-state index contributed by atoms with van der Waals surface area (Å²) < 4.78 is 0. The molecule has 0 aromatic carbocycles. The van der Waals surface area contributed by atoms with Crippen molar-refractivity contribution in [1.82, 2.24) is 0 Å². The van der Waals surface area contributed by atoms with E-state index in [0.29, 0.717) is 11.3 Å². The fourth-order valence-corrected chi connectivity index (χ4v) is 1.26.